The van der Waals surface area contributed by atoms with E-state index in [-0.39, 0.29) is 5.75 Å². The number of benzene rings is 1. The second-order valence-electron chi connectivity index (χ2n) is 5.26. The van der Waals surface area contributed by atoms with E-state index in [1.54, 1.807) is 6.07 Å². The SMILES string of the molecule is CCOc1cc(N2CCC(C)(O)CC2)c(N)cc1F. The normalized spacial score (nSPS) is 18.4. The third kappa shape index (κ3) is 3.10. The second-order valence-corrected chi connectivity index (χ2v) is 5.26. The van der Waals surface area contributed by atoms with Gasteiger partial charge in [0.25, 0.3) is 0 Å². The van der Waals surface area contributed by atoms with Crippen LogP contribution < -0.4 is 15.4 Å². The largest absolute Gasteiger partial charge is 0.491 e. The fourth-order valence-corrected chi connectivity index (χ4v) is 2.33. The van der Waals surface area contributed by atoms with Gasteiger partial charge in [-0.2, -0.15) is 0 Å². The summed E-state index contributed by atoms with van der Waals surface area (Å²) >= 11 is 0. The molecule has 1 aliphatic heterocycles. The molecule has 1 fully saturated rings. The Hall–Kier alpha value is -1.49. The Kier molecular flexibility index (Phi) is 3.85. The number of piperidine rings is 1. The van der Waals surface area contributed by atoms with Gasteiger partial charge in [-0.3, -0.25) is 0 Å². The molecule has 3 N–H and O–H groups in total. The zero-order valence-electron chi connectivity index (χ0n) is 11.4. The molecule has 4 nitrogen and oxygen atoms in total. The van der Waals surface area contributed by atoms with Crippen LogP contribution in [0.3, 0.4) is 0 Å². The van der Waals surface area contributed by atoms with Gasteiger partial charge in [-0.1, -0.05) is 0 Å². The van der Waals surface area contributed by atoms with Crippen molar-refractivity contribution >= 4 is 11.4 Å². The summed E-state index contributed by atoms with van der Waals surface area (Å²) in [7, 11) is 0. The standard InChI is InChI=1S/C14H21FN2O2/c1-3-19-13-9-12(11(16)8-10(13)15)17-6-4-14(2,18)5-7-17/h8-9,18H,3-7,16H2,1-2H3. The van der Waals surface area contributed by atoms with Crippen LogP contribution in [0, 0.1) is 5.82 Å². The highest BCUT2D eigenvalue weighted by molar-refractivity contribution is 5.70. The van der Waals surface area contributed by atoms with Crippen LogP contribution in [0.1, 0.15) is 26.7 Å². The van der Waals surface area contributed by atoms with E-state index in [0.29, 0.717) is 38.2 Å². The highest BCUT2D eigenvalue weighted by Crippen LogP contribution is 2.34. The lowest BCUT2D eigenvalue weighted by molar-refractivity contribution is 0.0351. The van der Waals surface area contributed by atoms with Gasteiger partial charge in [0.05, 0.1) is 23.6 Å². The average molecular weight is 268 g/mol. The quantitative estimate of drug-likeness (QED) is 0.825. The number of halogens is 1. The number of rotatable bonds is 3. The van der Waals surface area contributed by atoms with E-state index in [1.807, 2.05) is 13.8 Å². The van der Waals surface area contributed by atoms with Gasteiger partial charge in [0.15, 0.2) is 11.6 Å². The Balaban J connectivity index is 2.22. The van der Waals surface area contributed by atoms with Crippen molar-refractivity contribution in [3.05, 3.63) is 17.9 Å². The summed E-state index contributed by atoms with van der Waals surface area (Å²) in [4.78, 5) is 2.06. The van der Waals surface area contributed by atoms with Gasteiger partial charge in [0.2, 0.25) is 0 Å². The predicted octanol–water partition coefficient (Wildman–Crippen LogP) is 2.16. The predicted molar refractivity (Wildman–Crippen MR) is 74.1 cm³/mol. The van der Waals surface area contributed by atoms with Crippen molar-refractivity contribution in [1.82, 2.24) is 0 Å². The van der Waals surface area contributed by atoms with Crippen LogP contribution in [0.5, 0.6) is 5.75 Å². The van der Waals surface area contributed by atoms with E-state index >= 15 is 0 Å². The molecular formula is C14H21FN2O2. The maximum atomic E-state index is 13.6. The summed E-state index contributed by atoms with van der Waals surface area (Å²) in [6.45, 7) is 5.47. The lowest BCUT2D eigenvalue weighted by Crippen LogP contribution is -2.42. The number of hydrogen-bond acceptors (Lipinski definition) is 4. The summed E-state index contributed by atoms with van der Waals surface area (Å²) in [5.41, 5.74) is 6.45. The highest BCUT2D eigenvalue weighted by atomic mass is 19.1. The van der Waals surface area contributed by atoms with E-state index in [4.69, 9.17) is 10.5 Å². The van der Waals surface area contributed by atoms with Crippen molar-refractivity contribution in [2.45, 2.75) is 32.3 Å². The van der Waals surface area contributed by atoms with Gasteiger partial charge >= 0.3 is 0 Å². The minimum atomic E-state index is -0.617. The highest BCUT2D eigenvalue weighted by Gasteiger charge is 2.28. The molecule has 1 aromatic rings. The fraction of sp³-hybridized carbons (Fsp3) is 0.571. The number of aliphatic hydroxyl groups is 1. The van der Waals surface area contributed by atoms with E-state index < -0.39 is 11.4 Å². The van der Waals surface area contributed by atoms with Gasteiger partial charge < -0.3 is 20.5 Å². The molecule has 1 aliphatic rings. The van der Waals surface area contributed by atoms with Crippen LogP contribution in [0.2, 0.25) is 0 Å². The molecule has 2 rings (SSSR count). The minimum absolute atomic E-state index is 0.226. The summed E-state index contributed by atoms with van der Waals surface area (Å²) in [6.07, 6.45) is 1.35. The van der Waals surface area contributed by atoms with Crippen molar-refractivity contribution in [2.24, 2.45) is 0 Å². The van der Waals surface area contributed by atoms with E-state index in [0.717, 1.165) is 5.69 Å². The number of hydrogen-bond donors (Lipinski definition) is 2. The molecule has 5 heteroatoms. The Morgan fingerprint density at radius 1 is 1.42 bits per heavy atom. The number of nitrogens with zero attached hydrogens (tertiary/aromatic N) is 1. The van der Waals surface area contributed by atoms with Gasteiger partial charge in [0, 0.05) is 25.2 Å². The Morgan fingerprint density at radius 3 is 2.63 bits per heavy atom. The van der Waals surface area contributed by atoms with Crippen LogP contribution >= 0.6 is 0 Å². The zero-order valence-corrected chi connectivity index (χ0v) is 11.4. The summed E-state index contributed by atoms with van der Waals surface area (Å²) < 4.78 is 18.9. The number of ether oxygens (including phenoxy) is 1. The zero-order chi connectivity index (χ0) is 14.0. The third-order valence-corrected chi connectivity index (χ3v) is 3.56. The van der Waals surface area contributed by atoms with Gasteiger partial charge in [-0.25, -0.2) is 4.39 Å². The molecule has 0 radical (unpaired) electrons. The first-order valence-corrected chi connectivity index (χ1v) is 6.62. The Morgan fingerprint density at radius 2 is 2.05 bits per heavy atom. The summed E-state index contributed by atoms with van der Waals surface area (Å²) in [5.74, 6) is -0.212. The first kappa shape index (κ1) is 13.9. The Bertz CT molecular complexity index is 453. The van der Waals surface area contributed by atoms with Crippen molar-refractivity contribution < 1.29 is 14.2 Å². The molecule has 0 amide bonds. The molecule has 0 aliphatic carbocycles. The maximum Gasteiger partial charge on any atom is 0.167 e. The maximum absolute atomic E-state index is 13.6. The molecule has 0 saturated carbocycles. The van der Waals surface area contributed by atoms with Crippen LogP contribution in [0.15, 0.2) is 12.1 Å². The first-order valence-electron chi connectivity index (χ1n) is 6.62. The van der Waals surface area contributed by atoms with Crippen molar-refractivity contribution in [1.29, 1.82) is 0 Å². The van der Waals surface area contributed by atoms with E-state index in [1.165, 1.54) is 6.07 Å². The van der Waals surface area contributed by atoms with Crippen LogP contribution in [-0.2, 0) is 0 Å². The van der Waals surface area contributed by atoms with Crippen molar-refractivity contribution in [3.63, 3.8) is 0 Å². The molecule has 0 atom stereocenters. The van der Waals surface area contributed by atoms with Crippen molar-refractivity contribution in [3.8, 4) is 5.75 Å². The summed E-state index contributed by atoms with van der Waals surface area (Å²) in [6, 6.07) is 2.95. The Labute approximate surface area is 113 Å². The molecule has 106 valence electrons. The van der Waals surface area contributed by atoms with Gasteiger partial charge in [-0.05, 0) is 26.7 Å². The van der Waals surface area contributed by atoms with E-state index in [9.17, 15) is 9.50 Å². The van der Waals surface area contributed by atoms with Gasteiger partial charge in [-0.15, -0.1) is 0 Å². The molecule has 1 aromatic carbocycles. The van der Waals surface area contributed by atoms with Gasteiger partial charge in [0.1, 0.15) is 0 Å². The van der Waals surface area contributed by atoms with Crippen LogP contribution in [0.4, 0.5) is 15.8 Å². The first-order chi connectivity index (χ1) is 8.93. The molecule has 0 spiro atoms. The minimum Gasteiger partial charge on any atom is -0.491 e. The molecule has 0 unspecified atom stereocenters. The number of anilines is 2. The van der Waals surface area contributed by atoms with E-state index in [2.05, 4.69) is 4.90 Å². The van der Waals surface area contributed by atoms with Crippen LogP contribution in [0.25, 0.3) is 0 Å². The van der Waals surface area contributed by atoms with Crippen molar-refractivity contribution in [2.75, 3.05) is 30.3 Å². The number of nitrogens with two attached hydrogens (primary N) is 1. The summed E-state index contributed by atoms with van der Waals surface area (Å²) in [5, 5.41) is 9.95. The third-order valence-electron chi connectivity index (χ3n) is 3.56. The molecular weight excluding hydrogens is 247 g/mol. The molecule has 19 heavy (non-hydrogen) atoms. The van der Waals surface area contributed by atoms with Crippen LogP contribution in [-0.4, -0.2) is 30.4 Å². The molecule has 0 aromatic heterocycles. The monoisotopic (exact) mass is 268 g/mol. The molecule has 1 saturated heterocycles. The smallest absolute Gasteiger partial charge is 0.167 e. The lowest BCUT2D eigenvalue weighted by Gasteiger charge is -2.37. The number of nitrogen functional groups attached to an aromatic ring is 1. The topological polar surface area (TPSA) is 58.7 Å². The lowest BCUT2D eigenvalue weighted by atomic mass is 9.93. The fourth-order valence-electron chi connectivity index (χ4n) is 2.33. The molecule has 1 heterocycles. The molecule has 0 bridgehead atoms. The average Bonchev–Trinajstić information content (AvgIpc) is 2.33. The second kappa shape index (κ2) is 5.25.